The van der Waals surface area contributed by atoms with Crippen molar-refractivity contribution in [3.63, 3.8) is 0 Å². The maximum atomic E-state index is 6.66. The summed E-state index contributed by atoms with van der Waals surface area (Å²) < 4.78 is 6.66. The highest BCUT2D eigenvalue weighted by Crippen LogP contribution is 2.38. The monoisotopic (exact) mass is 475 g/mol. The molecule has 1 atom stereocenters. The predicted octanol–water partition coefficient (Wildman–Crippen LogP) is 6.86. The van der Waals surface area contributed by atoms with E-state index in [-0.39, 0.29) is 10.8 Å². The lowest BCUT2D eigenvalue weighted by Gasteiger charge is -2.30. The zero-order chi connectivity index (χ0) is 25.1. The Morgan fingerprint density at radius 2 is 1.47 bits per heavy atom. The largest absolute Gasteiger partial charge is 0.488 e. The Morgan fingerprint density at radius 3 is 2.06 bits per heavy atom. The molecule has 0 aromatic heterocycles. The second-order valence-electron chi connectivity index (χ2n) is 11.7. The minimum Gasteiger partial charge on any atom is -0.488 e. The lowest BCUT2D eigenvalue weighted by Crippen LogP contribution is -2.24. The normalized spacial score (nSPS) is 12.6. The molecule has 0 bridgehead atoms. The number of nitrogens with zero attached hydrogens (tertiary/aromatic N) is 1. The van der Waals surface area contributed by atoms with E-state index >= 15 is 0 Å². The van der Waals surface area contributed by atoms with Crippen molar-refractivity contribution >= 4 is 19.2 Å². The van der Waals surface area contributed by atoms with Crippen LogP contribution in [0.15, 0.2) is 60.7 Å². The first-order valence-electron chi connectivity index (χ1n) is 12.2. The SMILES string of the molecule is Cc1ccc(Pc2cc(C(C)(C)C)cc(C(C)(C)C)c2OCc2ccccc2)c(CN(C)C)c1. The zero-order valence-corrected chi connectivity index (χ0v) is 23.5. The molecule has 1 unspecified atom stereocenters. The van der Waals surface area contributed by atoms with Gasteiger partial charge in [0.05, 0.1) is 0 Å². The van der Waals surface area contributed by atoms with Gasteiger partial charge in [0.15, 0.2) is 0 Å². The first kappa shape index (κ1) is 26.5. The van der Waals surface area contributed by atoms with Gasteiger partial charge < -0.3 is 9.64 Å². The van der Waals surface area contributed by atoms with E-state index in [4.69, 9.17) is 4.74 Å². The molecule has 0 spiro atoms. The quantitative estimate of drug-likeness (QED) is 0.346. The molecular formula is C31H42NOP. The number of hydrogen-bond donors (Lipinski definition) is 0. The highest BCUT2D eigenvalue weighted by molar-refractivity contribution is 7.55. The third kappa shape index (κ3) is 6.94. The molecule has 0 aliphatic heterocycles. The molecule has 3 rings (SSSR count). The van der Waals surface area contributed by atoms with Crippen LogP contribution >= 0.6 is 8.58 Å². The van der Waals surface area contributed by atoms with E-state index in [1.807, 2.05) is 0 Å². The summed E-state index contributed by atoms with van der Waals surface area (Å²) in [5.41, 5.74) is 6.61. The van der Waals surface area contributed by atoms with Gasteiger partial charge in [0.1, 0.15) is 12.4 Å². The molecule has 0 N–H and O–H groups in total. The van der Waals surface area contributed by atoms with Gasteiger partial charge in [-0.05, 0) is 59.9 Å². The van der Waals surface area contributed by atoms with Crippen LogP contribution in [0.1, 0.15) is 69.4 Å². The number of benzene rings is 3. The van der Waals surface area contributed by atoms with E-state index in [1.165, 1.54) is 38.4 Å². The molecule has 0 radical (unpaired) electrons. The van der Waals surface area contributed by atoms with Crippen LogP contribution in [-0.4, -0.2) is 19.0 Å². The van der Waals surface area contributed by atoms with Crippen molar-refractivity contribution in [2.75, 3.05) is 14.1 Å². The van der Waals surface area contributed by atoms with Gasteiger partial charge in [-0.2, -0.15) is 0 Å². The van der Waals surface area contributed by atoms with Gasteiger partial charge >= 0.3 is 0 Å². The molecule has 34 heavy (non-hydrogen) atoms. The molecule has 3 heteroatoms. The van der Waals surface area contributed by atoms with Crippen molar-refractivity contribution in [2.45, 2.75) is 72.4 Å². The van der Waals surface area contributed by atoms with Crippen LogP contribution in [0.3, 0.4) is 0 Å². The van der Waals surface area contributed by atoms with Gasteiger partial charge in [-0.25, -0.2) is 0 Å². The molecule has 0 fully saturated rings. The van der Waals surface area contributed by atoms with Crippen LogP contribution in [0.2, 0.25) is 0 Å². The molecule has 182 valence electrons. The predicted molar refractivity (Wildman–Crippen MR) is 151 cm³/mol. The second kappa shape index (κ2) is 10.6. The van der Waals surface area contributed by atoms with Crippen molar-refractivity contribution in [2.24, 2.45) is 0 Å². The van der Waals surface area contributed by atoms with Crippen molar-refractivity contribution in [3.8, 4) is 5.75 Å². The number of hydrogen-bond acceptors (Lipinski definition) is 2. The van der Waals surface area contributed by atoms with Crippen LogP contribution in [0.25, 0.3) is 0 Å². The van der Waals surface area contributed by atoms with Crippen LogP contribution < -0.4 is 15.3 Å². The molecule has 0 saturated heterocycles. The fourth-order valence-electron chi connectivity index (χ4n) is 4.06. The highest BCUT2D eigenvalue weighted by atomic mass is 31.1. The van der Waals surface area contributed by atoms with Gasteiger partial charge in [0, 0.05) is 17.4 Å². The number of rotatable bonds is 7. The Hall–Kier alpha value is -2.15. The van der Waals surface area contributed by atoms with Crippen molar-refractivity contribution in [1.29, 1.82) is 0 Å². The van der Waals surface area contributed by atoms with Gasteiger partial charge in [-0.1, -0.05) is 110 Å². The molecule has 3 aromatic rings. The van der Waals surface area contributed by atoms with E-state index < -0.39 is 0 Å². The zero-order valence-electron chi connectivity index (χ0n) is 22.5. The minimum absolute atomic E-state index is 0.0216. The summed E-state index contributed by atoms with van der Waals surface area (Å²) in [6.07, 6.45) is 0. The van der Waals surface area contributed by atoms with Crippen molar-refractivity contribution in [3.05, 3.63) is 88.5 Å². The molecular weight excluding hydrogens is 433 g/mol. The van der Waals surface area contributed by atoms with Crippen molar-refractivity contribution < 1.29 is 4.74 Å². The number of aryl methyl sites for hydroxylation is 1. The van der Waals surface area contributed by atoms with E-state index in [1.54, 1.807) is 0 Å². The Bertz CT molecular complexity index is 1100. The molecule has 3 aromatic carbocycles. The van der Waals surface area contributed by atoms with E-state index in [0.717, 1.165) is 12.3 Å². The van der Waals surface area contributed by atoms with Crippen LogP contribution in [0.5, 0.6) is 5.75 Å². The maximum absolute atomic E-state index is 6.66. The smallest absolute Gasteiger partial charge is 0.131 e. The highest BCUT2D eigenvalue weighted by Gasteiger charge is 2.26. The maximum Gasteiger partial charge on any atom is 0.131 e. The average Bonchev–Trinajstić information content (AvgIpc) is 2.73. The Labute approximate surface area is 209 Å². The lowest BCUT2D eigenvalue weighted by molar-refractivity contribution is 0.300. The van der Waals surface area contributed by atoms with Crippen LogP contribution in [0.4, 0.5) is 0 Å². The lowest BCUT2D eigenvalue weighted by atomic mass is 9.80. The summed E-state index contributed by atoms with van der Waals surface area (Å²) in [4.78, 5) is 2.25. The van der Waals surface area contributed by atoms with Crippen LogP contribution in [-0.2, 0) is 24.0 Å². The average molecular weight is 476 g/mol. The number of ether oxygens (including phenoxy) is 1. The van der Waals surface area contributed by atoms with Gasteiger partial charge in [0.25, 0.3) is 0 Å². The van der Waals surface area contributed by atoms with Gasteiger partial charge in [-0.3, -0.25) is 0 Å². The van der Waals surface area contributed by atoms with E-state index in [2.05, 4.69) is 128 Å². The summed E-state index contributed by atoms with van der Waals surface area (Å²) in [7, 11) is 4.82. The molecule has 0 aliphatic carbocycles. The second-order valence-corrected chi connectivity index (χ2v) is 13.0. The Morgan fingerprint density at radius 1 is 0.794 bits per heavy atom. The third-order valence-corrected chi connectivity index (χ3v) is 7.40. The summed E-state index contributed by atoms with van der Waals surface area (Å²) in [6.45, 7) is 17.5. The van der Waals surface area contributed by atoms with Crippen LogP contribution in [0, 0.1) is 6.92 Å². The molecule has 0 amide bonds. The molecule has 0 saturated carbocycles. The third-order valence-electron chi connectivity index (χ3n) is 6.01. The summed E-state index contributed by atoms with van der Waals surface area (Å²) in [5, 5.41) is 2.70. The Kier molecular flexibility index (Phi) is 8.27. The van der Waals surface area contributed by atoms with E-state index in [9.17, 15) is 0 Å². The molecule has 0 aliphatic rings. The van der Waals surface area contributed by atoms with E-state index in [0.29, 0.717) is 15.2 Å². The summed E-state index contributed by atoms with van der Waals surface area (Å²) in [6, 6.07) is 22.2. The van der Waals surface area contributed by atoms with Gasteiger partial charge in [-0.15, -0.1) is 0 Å². The van der Waals surface area contributed by atoms with Gasteiger partial charge in [0.2, 0.25) is 0 Å². The minimum atomic E-state index is -0.0216. The van der Waals surface area contributed by atoms with Crippen molar-refractivity contribution in [1.82, 2.24) is 4.90 Å². The first-order valence-corrected chi connectivity index (χ1v) is 13.2. The fraction of sp³-hybridized carbons (Fsp3) is 0.419. The fourth-order valence-corrected chi connectivity index (χ4v) is 5.37. The summed E-state index contributed by atoms with van der Waals surface area (Å²) in [5.74, 6) is 1.05. The summed E-state index contributed by atoms with van der Waals surface area (Å²) >= 11 is 0. The topological polar surface area (TPSA) is 12.5 Å². The first-order chi connectivity index (χ1) is 15.8. The molecule has 2 nitrogen and oxygen atoms in total. The molecule has 0 heterocycles. The Balaban J connectivity index is 2.15. The standard InChI is InChI=1S/C31H42NOP/c1-22-15-16-27(24(17-22)20-32(8)9)34-28-19-25(30(2,3)4)18-26(31(5,6)7)29(28)33-21-23-13-11-10-12-14-23/h10-19,34H,20-21H2,1-9H3.